The number of hydrogen-bond acceptors (Lipinski definition) is 6. The van der Waals surface area contributed by atoms with Crippen LogP contribution in [0.1, 0.15) is 20.8 Å². The molecule has 0 fully saturated rings. The van der Waals surface area contributed by atoms with Crippen molar-refractivity contribution < 1.29 is 19.0 Å². The Morgan fingerprint density at radius 1 is 1.03 bits per heavy atom. The highest BCUT2D eigenvalue weighted by atomic mass is 35.5. The molecule has 0 aliphatic rings. The Balaban J connectivity index is 2.05. The van der Waals surface area contributed by atoms with E-state index < -0.39 is 11.7 Å². The van der Waals surface area contributed by atoms with Gasteiger partial charge in [0.05, 0.1) is 25.4 Å². The van der Waals surface area contributed by atoms with Crippen LogP contribution in [0.3, 0.4) is 0 Å². The molecule has 2 aromatic carbocycles. The summed E-state index contributed by atoms with van der Waals surface area (Å²) in [7, 11) is 3.12. The second-order valence-electron chi connectivity index (χ2n) is 7.27. The maximum Gasteiger partial charge on any atom is 0.412 e. The molecule has 3 rings (SSSR count). The molecule has 0 spiro atoms. The molecule has 8 heteroatoms. The largest absolute Gasteiger partial charge is 0.493 e. The van der Waals surface area contributed by atoms with Crippen molar-refractivity contribution >= 4 is 34.3 Å². The summed E-state index contributed by atoms with van der Waals surface area (Å²) < 4.78 is 16.0. The number of nitrogens with zero attached hydrogens (tertiary/aromatic N) is 2. The van der Waals surface area contributed by atoms with Gasteiger partial charge in [0, 0.05) is 22.7 Å². The second-order valence-corrected chi connectivity index (χ2v) is 7.61. The van der Waals surface area contributed by atoms with Crippen LogP contribution in [0.5, 0.6) is 11.5 Å². The van der Waals surface area contributed by atoms with E-state index in [2.05, 4.69) is 15.3 Å². The Kier molecular flexibility index (Phi) is 5.79. The number of rotatable bonds is 4. The van der Waals surface area contributed by atoms with Gasteiger partial charge in [0.15, 0.2) is 11.5 Å². The third kappa shape index (κ3) is 4.86. The molecule has 0 unspecified atom stereocenters. The van der Waals surface area contributed by atoms with Gasteiger partial charge in [-0.25, -0.2) is 14.8 Å². The van der Waals surface area contributed by atoms with E-state index >= 15 is 0 Å². The molecule has 1 N–H and O–H groups in total. The molecule has 7 nitrogen and oxygen atoms in total. The first-order chi connectivity index (χ1) is 13.7. The molecule has 0 bridgehead atoms. The number of nitrogens with one attached hydrogen (secondary N) is 1. The van der Waals surface area contributed by atoms with Crippen molar-refractivity contribution in [3.63, 3.8) is 0 Å². The number of methoxy groups -OCH3 is 2. The Hall–Kier alpha value is -3.06. The minimum absolute atomic E-state index is 0.102. The Bertz CT molecular complexity index is 1060. The van der Waals surface area contributed by atoms with Crippen LogP contribution in [-0.2, 0) is 4.74 Å². The molecule has 152 valence electrons. The first-order valence-electron chi connectivity index (χ1n) is 8.90. The molecule has 0 radical (unpaired) electrons. The predicted molar refractivity (Wildman–Crippen MR) is 113 cm³/mol. The van der Waals surface area contributed by atoms with Gasteiger partial charge >= 0.3 is 6.09 Å². The molecule has 0 atom stereocenters. The van der Waals surface area contributed by atoms with E-state index in [9.17, 15) is 4.79 Å². The fraction of sp³-hybridized carbons (Fsp3) is 0.286. The number of carbonyl (C=O) groups excluding carboxylic acids is 1. The quantitative estimate of drug-likeness (QED) is 0.581. The smallest absolute Gasteiger partial charge is 0.412 e. The van der Waals surface area contributed by atoms with Gasteiger partial charge in [-0.15, -0.1) is 0 Å². The zero-order chi connectivity index (χ0) is 21.2. The van der Waals surface area contributed by atoms with E-state index in [4.69, 9.17) is 25.8 Å². The monoisotopic (exact) mass is 415 g/mol. The summed E-state index contributed by atoms with van der Waals surface area (Å²) in [6.07, 6.45) is -0.536. The lowest BCUT2D eigenvalue weighted by atomic mass is 10.1. The first kappa shape index (κ1) is 20.7. The average Bonchev–Trinajstić information content (AvgIpc) is 2.64. The second kappa shape index (κ2) is 8.13. The Morgan fingerprint density at radius 2 is 1.72 bits per heavy atom. The molecule has 29 heavy (non-hydrogen) atoms. The molecule has 0 saturated carbocycles. The number of amides is 1. The van der Waals surface area contributed by atoms with Crippen LogP contribution >= 0.6 is 11.6 Å². The summed E-state index contributed by atoms with van der Waals surface area (Å²) in [6, 6.07) is 10.8. The molecule has 0 aliphatic heterocycles. The normalized spacial score (nSPS) is 11.2. The van der Waals surface area contributed by atoms with Gasteiger partial charge in [0.2, 0.25) is 5.28 Å². The van der Waals surface area contributed by atoms with Crippen molar-refractivity contribution in [3.8, 4) is 22.8 Å². The number of anilines is 1. The zero-order valence-corrected chi connectivity index (χ0v) is 17.6. The maximum atomic E-state index is 12.1. The van der Waals surface area contributed by atoms with Crippen LogP contribution in [0.15, 0.2) is 36.4 Å². The Morgan fingerprint density at radius 3 is 2.38 bits per heavy atom. The SMILES string of the molecule is COc1cc2nc(Cl)nc(-c3cccc(NC(=O)OC(C)(C)C)c3)c2cc1OC. The van der Waals surface area contributed by atoms with Crippen LogP contribution < -0.4 is 14.8 Å². The summed E-state index contributed by atoms with van der Waals surface area (Å²) in [6.45, 7) is 5.42. The van der Waals surface area contributed by atoms with E-state index in [0.29, 0.717) is 28.4 Å². The summed E-state index contributed by atoms with van der Waals surface area (Å²) >= 11 is 6.16. The molecule has 1 amide bonds. The van der Waals surface area contributed by atoms with Crippen molar-refractivity contribution in [3.05, 3.63) is 41.7 Å². The molecule has 1 heterocycles. The highest BCUT2D eigenvalue weighted by Crippen LogP contribution is 2.36. The van der Waals surface area contributed by atoms with Crippen LogP contribution in [0, 0.1) is 0 Å². The summed E-state index contributed by atoms with van der Waals surface area (Å²) in [5.74, 6) is 1.09. The summed E-state index contributed by atoms with van der Waals surface area (Å²) in [5.41, 5.74) is 1.95. The standard InChI is InChI=1S/C21H22ClN3O4/c1-21(2,3)29-20(26)23-13-8-6-7-12(9-13)18-14-10-16(27-4)17(28-5)11-15(14)24-19(22)25-18/h6-11H,1-5H3,(H,23,26). The predicted octanol–water partition coefficient (Wildman–Crippen LogP) is 5.31. The van der Waals surface area contributed by atoms with Crippen molar-refractivity contribution in [1.29, 1.82) is 0 Å². The van der Waals surface area contributed by atoms with E-state index in [1.54, 1.807) is 59.3 Å². The van der Waals surface area contributed by atoms with Crippen molar-refractivity contribution in [2.24, 2.45) is 0 Å². The first-order valence-corrected chi connectivity index (χ1v) is 9.27. The van der Waals surface area contributed by atoms with Crippen molar-refractivity contribution in [2.45, 2.75) is 26.4 Å². The third-order valence-corrected chi connectivity index (χ3v) is 4.12. The highest BCUT2D eigenvalue weighted by Gasteiger charge is 2.17. The Labute approximate surface area is 174 Å². The van der Waals surface area contributed by atoms with E-state index in [-0.39, 0.29) is 5.28 Å². The minimum atomic E-state index is -0.590. The van der Waals surface area contributed by atoms with E-state index in [0.717, 1.165) is 10.9 Å². The van der Waals surface area contributed by atoms with Gasteiger partial charge in [0.25, 0.3) is 0 Å². The van der Waals surface area contributed by atoms with Crippen LogP contribution in [0.4, 0.5) is 10.5 Å². The minimum Gasteiger partial charge on any atom is -0.493 e. The van der Waals surface area contributed by atoms with Gasteiger partial charge < -0.3 is 14.2 Å². The van der Waals surface area contributed by atoms with Gasteiger partial charge in [-0.2, -0.15) is 0 Å². The molecular weight excluding hydrogens is 394 g/mol. The van der Waals surface area contributed by atoms with E-state index in [1.807, 2.05) is 12.1 Å². The van der Waals surface area contributed by atoms with Crippen LogP contribution in [0.25, 0.3) is 22.2 Å². The lowest BCUT2D eigenvalue weighted by molar-refractivity contribution is 0.0636. The van der Waals surface area contributed by atoms with Crippen LogP contribution in [-0.4, -0.2) is 35.9 Å². The number of carbonyl (C=O) groups is 1. The van der Waals surface area contributed by atoms with E-state index in [1.165, 1.54) is 0 Å². The maximum absolute atomic E-state index is 12.1. The fourth-order valence-electron chi connectivity index (χ4n) is 2.81. The number of aromatic nitrogens is 2. The van der Waals surface area contributed by atoms with Gasteiger partial charge in [-0.3, -0.25) is 5.32 Å². The lowest BCUT2D eigenvalue weighted by Gasteiger charge is -2.19. The molecule has 0 aliphatic carbocycles. The van der Waals surface area contributed by atoms with Crippen molar-refractivity contribution in [1.82, 2.24) is 9.97 Å². The average molecular weight is 416 g/mol. The highest BCUT2D eigenvalue weighted by molar-refractivity contribution is 6.29. The zero-order valence-electron chi connectivity index (χ0n) is 16.9. The molecular formula is C21H22ClN3O4. The van der Waals surface area contributed by atoms with Crippen LogP contribution in [0.2, 0.25) is 5.28 Å². The summed E-state index contributed by atoms with van der Waals surface area (Å²) in [4.78, 5) is 20.8. The number of fused-ring (bicyclic) bond motifs is 1. The molecule has 1 aromatic heterocycles. The number of hydrogen-bond donors (Lipinski definition) is 1. The molecule has 3 aromatic rings. The topological polar surface area (TPSA) is 82.6 Å². The summed E-state index contributed by atoms with van der Waals surface area (Å²) in [5, 5.41) is 3.57. The van der Waals surface area contributed by atoms with Crippen molar-refractivity contribution in [2.75, 3.05) is 19.5 Å². The number of halogens is 1. The number of benzene rings is 2. The lowest BCUT2D eigenvalue weighted by Crippen LogP contribution is -2.27. The molecule has 0 saturated heterocycles. The van der Waals surface area contributed by atoms with Gasteiger partial charge in [-0.05, 0) is 50.6 Å². The third-order valence-electron chi connectivity index (χ3n) is 3.96. The van der Waals surface area contributed by atoms with Gasteiger partial charge in [0.1, 0.15) is 5.60 Å². The number of ether oxygens (including phenoxy) is 3. The fourth-order valence-corrected chi connectivity index (χ4v) is 2.99. The van der Waals surface area contributed by atoms with Gasteiger partial charge in [-0.1, -0.05) is 12.1 Å².